The molecule has 0 atom stereocenters. The SMILES string of the molecule is Cc1sc(CNC(C)(C)C)cc1COCCCC(C)C. The highest BCUT2D eigenvalue weighted by Crippen LogP contribution is 2.23. The van der Waals surface area contributed by atoms with Gasteiger partial charge in [-0.1, -0.05) is 13.8 Å². The van der Waals surface area contributed by atoms with Gasteiger partial charge < -0.3 is 10.1 Å². The third-order valence-corrected chi connectivity index (χ3v) is 4.29. The van der Waals surface area contributed by atoms with E-state index in [1.54, 1.807) is 0 Å². The minimum Gasteiger partial charge on any atom is -0.377 e. The van der Waals surface area contributed by atoms with E-state index >= 15 is 0 Å². The van der Waals surface area contributed by atoms with Crippen LogP contribution in [0, 0.1) is 12.8 Å². The van der Waals surface area contributed by atoms with Crippen LogP contribution in [0.15, 0.2) is 6.07 Å². The quantitative estimate of drug-likeness (QED) is 0.689. The molecular weight excluding hydrogens is 266 g/mol. The molecular formula is C17H31NOS. The molecule has 1 N–H and O–H groups in total. The van der Waals surface area contributed by atoms with Crippen molar-refractivity contribution in [2.75, 3.05) is 6.61 Å². The third-order valence-electron chi connectivity index (χ3n) is 3.19. The molecule has 0 aliphatic carbocycles. The summed E-state index contributed by atoms with van der Waals surface area (Å²) in [7, 11) is 0. The first kappa shape index (κ1) is 17.7. The number of rotatable bonds is 8. The summed E-state index contributed by atoms with van der Waals surface area (Å²) >= 11 is 1.88. The van der Waals surface area contributed by atoms with Gasteiger partial charge in [0.15, 0.2) is 0 Å². The standard InChI is InChI=1S/C17H31NOS/c1-13(2)8-7-9-19-12-15-10-16(20-14(15)3)11-18-17(4,5)6/h10,13,18H,7-9,11-12H2,1-6H3. The summed E-state index contributed by atoms with van der Waals surface area (Å²) < 4.78 is 5.80. The lowest BCUT2D eigenvalue weighted by atomic mass is 10.1. The molecule has 0 fully saturated rings. The van der Waals surface area contributed by atoms with Gasteiger partial charge in [0.05, 0.1) is 6.61 Å². The minimum absolute atomic E-state index is 0.172. The Kier molecular flexibility index (Phi) is 7.21. The average molecular weight is 298 g/mol. The van der Waals surface area contributed by atoms with Crippen molar-refractivity contribution >= 4 is 11.3 Å². The molecule has 0 spiro atoms. The lowest BCUT2D eigenvalue weighted by Gasteiger charge is -2.19. The lowest BCUT2D eigenvalue weighted by molar-refractivity contribution is 0.115. The van der Waals surface area contributed by atoms with Crippen molar-refractivity contribution in [1.82, 2.24) is 5.32 Å². The van der Waals surface area contributed by atoms with Gasteiger partial charge in [-0.3, -0.25) is 0 Å². The van der Waals surface area contributed by atoms with E-state index in [-0.39, 0.29) is 5.54 Å². The van der Waals surface area contributed by atoms with Crippen molar-refractivity contribution in [2.45, 2.75) is 73.1 Å². The summed E-state index contributed by atoms with van der Waals surface area (Å²) in [6, 6.07) is 2.29. The second kappa shape index (κ2) is 8.16. The first-order chi connectivity index (χ1) is 9.28. The van der Waals surface area contributed by atoms with Crippen molar-refractivity contribution in [3.8, 4) is 0 Å². The topological polar surface area (TPSA) is 21.3 Å². The van der Waals surface area contributed by atoms with Crippen molar-refractivity contribution in [2.24, 2.45) is 5.92 Å². The van der Waals surface area contributed by atoms with Crippen molar-refractivity contribution in [3.05, 3.63) is 21.4 Å². The Morgan fingerprint density at radius 1 is 1.30 bits per heavy atom. The number of aryl methyl sites for hydroxylation is 1. The van der Waals surface area contributed by atoms with Crippen LogP contribution >= 0.6 is 11.3 Å². The van der Waals surface area contributed by atoms with Crippen LogP contribution in [0.5, 0.6) is 0 Å². The molecule has 0 aliphatic heterocycles. The molecule has 20 heavy (non-hydrogen) atoms. The van der Waals surface area contributed by atoms with E-state index in [9.17, 15) is 0 Å². The van der Waals surface area contributed by atoms with Crippen LogP contribution in [-0.2, 0) is 17.9 Å². The summed E-state index contributed by atoms with van der Waals surface area (Å²) in [4.78, 5) is 2.79. The van der Waals surface area contributed by atoms with Crippen LogP contribution in [0.3, 0.4) is 0 Å². The molecule has 3 heteroatoms. The van der Waals surface area contributed by atoms with Gasteiger partial charge in [-0.05, 0) is 58.1 Å². The second-order valence-corrected chi connectivity index (χ2v) is 8.33. The third kappa shape index (κ3) is 7.41. The molecule has 1 aromatic heterocycles. The Morgan fingerprint density at radius 3 is 2.60 bits per heavy atom. The second-order valence-electron chi connectivity index (χ2n) is 6.99. The number of hydrogen-bond donors (Lipinski definition) is 1. The summed E-state index contributed by atoms with van der Waals surface area (Å²) in [6.45, 7) is 15.9. The molecule has 0 aromatic carbocycles. The van der Waals surface area contributed by atoms with Crippen molar-refractivity contribution in [3.63, 3.8) is 0 Å². The molecule has 0 saturated heterocycles. The molecule has 1 aromatic rings. The maximum absolute atomic E-state index is 5.80. The van der Waals surface area contributed by atoms with Crippen LogP contribution in [0.2, 0.25) is 0 Å². The van der Waals surface area contributed by atoms with E-state index < -0.39 is 0 Å². The van der Waals surface area contributed by atoms with E-state index in [1.807, 2.05) is 11.3 Å². The molecule has 1 heterocycles. The van der Waals surface area contributed by atoms with Gasteiger partial charge >= 0.3 is 0 Å². The highest BCUT2D eigenvalue weighted by molar-refractivity contribution is 7.12. The smallest absolute Gasteiger partial charge is 0.0727 e. The Labute approximate surface area is 128 Å². The zero-order valence-corrected chi connectivity index (χ0v) is 14.8. The minimum atomic E-state index is 0.172. The number of thiophene rings is 1. The van der Waals surface area contributed by atoms with E-state index in [4.69, 9.17) is 4.74 Å². The Bertz CT molecular complexity index is 390. The molecule has 0 amide bonds. The Morgan fingerprint density at radius 2 is 2.00 bits per heavy atom. The molecule has 0 unspecified atom stereocenters. The van der Waals surface area contributed by atoms with Gasteiger partial charge in [0.1, 0.15) is 0 Å². The molecule has 0 aliphatic rings. The number of hydrogen-bond acceptors (Lipinski definition) is 3. The van der Waals surface area contributed by atoms with Crippen LogP contribution in [0.25, 0.3) is 0 Å². The highest BCUT2D eigenvalue weighted by atomic mass is 32.1. The van der Waals surface area contributed by atoms with Crippen LogP contribution < -0.4 is 5.32 Å². The van der Waals surface area contributed by atoms with Gasteiger partial charge in [0, 0.05) is 28.4 Å². The van der Waals surface area contributed by atoms with Crippen LogP contribution in [0.1, 0.15) is 62.8 Å². The molecule has 2 nitrogen and oxygen atoms in total. The molecule has 0 radical (unpaired) electrons. The fourth-order valence-corrected chi connectivity index (χ4v) is 2.93. The summed E-state index contributed by atoms with van der Waals surface area (Å²) in [5.74, 6) is 0.775. The monoisotopic (exact) mass is 297 g/mol. The van der Waals surface area contributed by atoms with Crippen LogP contribution in [-0.4, -0.2) is 12.1 Å². The first-order valence-corrected chi connectivity index (χ1v) is 8.50. The zero-order chi connectivity index (χ0) is 15.2. The number of ether oxygens (including phenoxy) is 1. The Balaban J connectivity index is 2.34. The summed E-state index contributed by atoms with van der Waals surface area (Å²) in [6.07, 6.45) is 2.42. The van der Waals surface area contributed by atoms with E-state index in [2.05, 4.69) is 52.9 Å². The van der Waals surface area contributed by atoms with Gasteiger partial charge in [-0.15, -0.1) is 11.3 Å². The van der Waals surface area contributed by atoms with Crippen molar-refractivity contribution in [1.29, 1.82) is 0 Å². The number of nitrogens with one attached hydrogen (secondary N) is 1. The van der Waals surface area contributed by atoms with E-state index in [0.29, 0.717) is 0 Å². The van der Waals surface area contributed by atoms with Gasteiger partial charge in [-0.25, -0.2) is 0 Å². The molecule has 0 saturated carbocycles. The first-order valence-electron chi connectivity index (χ1n) is 7.69. The zero-order valence-electron chi connectivity index (χ0n) is 14.0. The average Bonchev–Trinajstić information content (AvgIpc) is 2.66. The maximum atomic E-state index is 5.80. The Hall–Kier alpha value is -0.380. The normalized spacial score (nSPS) is 12.3. The van der Waals surface area contributed by atoms with E-state index in [1.165, 1.54) is 28.2 Å². The van der Waals surface area contributed by atoms with E-state index in [0.717, 1.165) is 25.7 Å². The van der Waals surface area contributed by atoms with Gasteiger partial charge in [-0.2, -0.15) is 0 Å². The van der Waals surface area contributed by atoms with Gasteiger partial charge in [0.25, 0.3) is 0 Å². The van der Waals surface area contributed by atoms with Crippen molar-refractivity contribution < 1.29 is 4.74 Å². The van der Waals surface area contributed by atoms with Gasteiger partial charge in [0.2, 0.25) is 0 Å². The molecule has 0 bridgehead atoms. The molecule has 1 rings (SSSR count). The fraction of sp³-hybridized carbons (Fsp3) is 0.765. The summed E-state index contributed by atoms with van der Waals surface area (Å²) in [5, 5.41) is 3.54. The predicted molar refractivity (Wildman–Crippen MR) is 89.4 cm³/mol. The largest absolute Gasteiger partial charge is 0.377 e. The highest BCUT2D eigenvalue weighted by Gasteiger charge is 2.11. The predicted octanol–water partition coefficient (Wildman–Crippen LogP) is 4.90. The fourth-order valence-electron chi connectivity index (χ4n) is 1.95. The van der Waals surface area contributed by atoms with Crippen LogP contribution in [0.4, 0.5) is 0 Å². The lowest BCUT2D eigenvalue weighted by Crippen LogP contribution is -2.34. The maximum Gasteiger partial charge on any atom is 0.0727 e. The summed E-state index contributed by atoms with van der Waals surface area (Å²) in [5.41, 5.74) is 1.52. The molecule has 116 valence electrons.